The number of rotatable bonds is 4. The van der Waals surface area contributed by atoms with Crippen LogP contribution in [-0.2, 0) is 0 Å². The molecule has 3 unspecified atom stereocenters. The maximum Gasteiger partial charge on any atom is 0.0269 e. The van der Waals surface area contributed by atoms with Gasteiger partial charge in [-0.25, -0.2) is 0 Å². The maximum absolute atomic E-state index is 3.75. The standard InChI is InChI=1S/C16H34N2/c1-8-13(4)10-18-11-14(12(2)3)17-9-15(18)16(5,6)7/h12-15,17H,8-11H2,1-7H3. The average molecular weight is 254 g/mol. The molecule has 1 rings (SSSR count). The lowest BCUT2D eigenvalue weighted by Crippen LogP contribution is -2.62. The van der Waals surface area contributed by atoms with Crippen molar-refractivity contribution in [3.63, 3.8) is 0 Å². The van der Waals surface area contributed by atoms with Crippen molar-refractivity contribution in [2.24, 2.45) is 17.3 Å². The van der Waals surface area contributed by atoms with Gasteiger partial charge in [-0.3, -0.25) is 4.90 Å². The zero-order valence-corrected chi connectivity index (χ0v) is 13.6. The Morgan fingerprint density at radius 2 is 1.83 bits per heavy atom. The Morgan fingerprint density at radius 1 is 1.22 bits per heavy atom. The van der Waals surface area contributed by atoms with E-state index in [0.29, 0.717) is 17.5 Å². The van der Waals surface area contributed by atoms with Gasteiger partial charge in [-0.1, -0.05) is 54.9 Å². The molecule has 1 N–H and O–H groups in total. The Balaban J connectivity index is 2.73. The van der Waals surface area contributed by atoms with Gasteiger partial charge in [-0.15, -0.1) is 0 Å². The van der Waals surface area contributed by atoms with E-state index >= 15 is 0 Å². The van der Waals surface area contributed by atoms with Crippen molar-refractivity contribution in [3.05, 3.63) is 0 Å². The molecule has 0 bridgehead atoms. The fourth-order valence-corrected chi connectivity index (χ4v) is 2.87. The lowest BCUT2D eigenvalue weighted by atomic mass is 9.82. The molecule has 2 nitrogen and oxygen atoms in total. The molecule has 1 heterocycles. The fraction of sp³-hybridized carbons (Fsp3) is 1.00. The van der Waals surface area contributed by atoms with E-state index in [2.05, 4.69) is 58.7 Å². The third kappa shape index (κ3) is 4.24. The summed E-state index contributed by atoms with van der Waals surface area (Å²) >= 11 is 0. The summed E-state index contributed by atoms with van der Waals surface area (Å²) < 4.78 is 0. The molecule has 0 amide bonds. The number of nitrogens with zero attached hydrogens (tertiary/aromatic N) is 1. The largest absolute Gasteiger partial charge is 0.311 e. The third-order valence-electron chi connectivity index (χ3n) is 4.49. The molecule has 2 heteroatoms. The normalized spacial score (nSPS) is 28.7. The molecule has 3 atom stereocenters. The molecule has 0 radical (unpaired) electrons. The average Bonchev–Trinajstić information content (AvgIpc) is 2.27. The highest BCUT2D eigenvalue weighted by atomic mass is 15.2. The molecule has 1 saturated heterocycles. The molecule has 1 fully saturated rings. The first kappa shape index (κ1) is 16.0. The van der Waals surface area contributed by atoms with Crippen LogP contribution >= 0.6 is 0 Å². The zero-order valence-electron chi connectivity index (χ0n) is 13.6. The third-order valence-corrected chi connectivity index (χ3v) is 4.49. The first-order valence-electron chi connectivity index (χ1n) is 7.73. The highest BCUT2D eigenvalue weighted by Crippen LogP contribution is 2.28. The van der Waals surface area contributed by atoms with Crippen molar-refractivity contribution in [2.75, 3.05) is 19.6 Å². The van der Waals surface area contributed by atoms with Gasteiger partial charge in [0.25, 0.3) is 0 Å². The van der Waals surface area contributed by atoms with Crippen LogP contribution in [0.15, 0.2) is 0 Å². The smallest absolute Gasteiger partial charge is 0.0269 e. The summed E-state index contributed by atoms with van der Waals surface area (Å²) in [6.07, 6.45) is 1.28. The van der Waals surface area contributed by atoms with Crippen molar-refractivity contribution in [1.29, 1.82) is 0 Å². The Morgan fingerprint density at radius 3 is 2.28 bits per heavy atom. The van der Waals surface area contributed by atoms with E-state index in [1.54, 1.807) is 0 Å². The first-order valence-corrected chi connectivity index (χ1v) is 7.73. The van der Waals surface area contributed by atoms with Crippen LogP contribution in [0, 0.1) is 17.3 Å². The van der Waals surface area contributed by atoms with E-state index in [1.807, 2.05) is 0 Å². The van der Waals surface area contributed by atoms with Gasteiger partial charge in [0, 0.05) is 31.7 Å². The van der Waals surface area contributed by atoms with Crippen molar-refractivity contribution in [1.82, 2.24) is 10.2 Å². The van der Waals surface area contributed by atoms with Crippen LogP contribution in [0.4, 0.5) is 0 Å². The number of nitrogens with one attached hydrogen (secondary N) is 1. The van der Waals surface area contributed by atoms with Gasteiger partial charge in [-0.05, 0) is 17.3 Å². The van der Waals surface area contributed by atoms with Crippen molar-refractivity contribution in [3.8, 4) is 0 Å². The molecular weight excluding hydrogens is 220 g/mol. The van der Waals surface area contributed by atoms with Gasteiger partial charge < -0.3 is 5.32 Å². The summed E-state index contributed by atoms with van der Waals surface area (Å²) in [7, 11) is 0. The minimum atomic E-state index is 0.364. The van der Waals surface area contributed by atoms with E-state index in [0.717, 1.165) is 18.4 Å². The number of piperazine rings is 1. The Hall–Kier alpha value is -0.0800. The van der Waals surface area contributed by atoms with Gasteiger partial charge in [0.05, 0.1) is 0 Å². The molecule has 0 aromatic carbocycles. The van der Waals surface area contributed by atoms with Gasteiger partial charge in [0.1, 0.15) is 0 Å². The monoisotopic (exact) mass is 254 g/mol. The van der Waals surface area contributed by atoms with Crippen LogP contribution in [0.3, 0.4) is 0 Å². The van der Waals surface area contributed by atoms with Crippen molar-refractivity contribution < 1.29 is 0 Å². The summed E-state index contributed by atoms with van der Waals surface area (Å²) in [4.78, 5) is 2.75. The molecule has 0 spiro atoms. The second kappa shape index (κ2) is 6.38. The highest BCUT2D eigenvalue weighted by Gasteiger charge is 2.36. The van der Waals surface area contributed by atoms with E-state index in [4.69, 9.17) is 0 Å². The van der Waals surface area contributed by atoms with E-state index < -0.39 is 0 Å². The molecule has 0 aromatic rings. The zero-order chi connectivity index (χ0) is 13.9. The number of hydrogen-bond donors (Lipinski definition) is 1. The lowest BCUT2D eigenvalue weighted by molar-refractivity contribution is 0.0356. The quantitative estimate of drug-likeness (QED) is 0.827. The summed E-state index contributed by atoms with van der Waals surface area (Å²) in [6, 6.07) is 1.33. The molecule has 0 aliphatic carbocycles. The highest BCUT2D eigenvalue weighted by molar-refractivity contribution is 4.93. The van der Waals surface area contributed by atoms with Gasteiger partial charge in [0.2, 0.25) is 0 Å². The molecular formula is C16H34N2. The van der Waals surface area contributed by atoms with E-state index in [-0.39, 0.29) is 0 Å². The second-order valence-corrected chi connectivity index (χ2v) is 7.61. The van der Waals surface area contributed by atoms with Gasteiger partial charge in [-0.2, -0.15) is 0 Å². The fourth-order valence-electron chi connectivity index (χ4n) is 2.87. The topological polar surface area (TPSA) is 15.3 Å². The predicted octanol–water partition coefficient (Wildman–Crippen LogP) is 3.38. The van der Waals surface area contributed by atoms with Crippen LogP contribution < -0.4 is 5.32 Å². The van der Waals surface area contributed by atoms with Crippen molar-refractivity contribution >= 4 is 0 Å². The first-order chi connectivity index (χ1) is 8.25. The van der Waals surface area contributed by atoms with Gasteiger partial charge >= 0.3 is 0 Å². The summed E-state index contributed by atoms with van der Waals surface area (Å²) in [5.74, 6) is 1.53. The summed E-state index contributed by atoms with van der Waals surface area (Å²) in [6.45, 7) is 20.1. The number of hydrogen-bond acceptors (Lipinski definition) is 2. The Kier molecular flexibility index (Phi) is 5.67. The molecule has 1 aliphatic rings. The molecule has 1 aliphatic heterocycles. The minimum absolute atomic E-state index is 0.364. The molecule has 0 aromatic heterocycles. The van der Waals surface area contributed by atoms with Crippen LogP contribution in [0.1, 0.15) is 54.9 Å². The lowest BCUT2D eigenvalue weighted by Gasteiger charge is -2.48. The Labute approximate surface area is 115 Å². The molecule has 0 saturated carbocycles. The van der Waals surface area contributed by atoms with E-state index in [1.165, 1.54) is 19.5 Å². The second-order valence-electron chi connectivity index (χ2n) is 7.61. The SMILES string of the molecule is CCC(C)CN1CC(C(C)C)NCC1C(C)(C)C. The minimum Gasteiger partial charge on any atom is -0.311 e. The van der Waals surface area contributed by atoms with Crippen LogP contribution in [-0.4, -0.2) is 36.6 Å². The summed E-state index contributed by atoms with van der Waals surface area (Å²) in [5.41, 5.74) is 0.364. The molecule has 18 heavy (non-hydrogen) atoms. The maximum atomic E-state index is 3.75. The van der Waals surface area contributed by atoms with E-state index in [9.17, 15) is 0 Å². The Bertz CT molecular complexity index is 242. The molecule has 108 valence electrons. The van der Waals surface area contributed by atoms with Crippen LogP contribution in [0.5, 0.6) is 0 Å². The predicted molar refractivity (Wildman–Crippen MR) is 80.9 cm³/mol. The summed E-state index contributed by atoms with van der Waals surface area (Å²) in [5, 5.41) is 3.75. The van der Waals surface area contributed by atoms with Crippen molar-refractivity contribution in [2.45, 2.75) is 67.0 Å². The van der Waals surface area contributed by atoms with Gasteiger partial charge in [0.15, 0.2) is 0 Å². The van der Waals surface area contributed by atoms with Crippen LogP contribution in [0.25, 0.3) is 0 Å². The van der Waals surface area contributed by atoms with Crippen LogP contribution in [0.2, 0.25) is 0 Å².